The van der Waals surface area contributed by atoms with Gasteiger partial charge in [-0.1, -0.05) is 5.16 Å². The van der Waals surface area contributed by atoms with Crippen molar-refractivity contribution >= 4 is 21.6 Å². The van der Waals surface area contributed by atoms with Crippen LogP contribution in [0.3, 0.4) is 0 Å². The van der Waals surface area contributed by atoms with Gasteiger partial charge in [-0.05, 0) is 11.6 Å². The Balaban J connectivity index is 2.17. The molecule has 0 aliphatic heterocycles. The SMILES string of the molecule is Cn1c(S(=O)(=O)NCc2cnoc2)cnc1Cl. The molecule has 7 nitrogen and oxygen atoms in total. The minimum atomic E-state index is -3.65. The number of nitrogens with one attached hydrogen (secondary N) is 1. The van der Waals surface area contributed by atoms with E-state index in [1.54, 1.807) is 0 Å². The van der Waals surface area contributed by atoms with Crippen molar-refractivity contribution in [3.63, 3.8) is 0 Å². The highest BCUT2D eigenvalue weighted by molar-refractivity contribution is 7.89. The molecular formula is C8H9ClN4O3S. The van der Waals surface area contributed by atoms with Gasteiger partial charge in [-0.25, -0.2) is 18.1 Å². The number of sulfonamides is 1. The van der Waals surface area contributed by atoms with Gasteiger partial charge in [-0.3, -0.25) is 0 Å². The van der Waals surface area contributed by atoms with E-state index in [-0.39, 0.29) is 16.9 Å². The van der Waals surface area contributed by atoms with Gasteiger partial charge in [0, 0.05) is 19.2 Å². The van der Waals surface area contributed by atoms with Crippen LogP contribution < -0.4 is 4.72 Å². The fourth-order valence-electron chi connectivity index (χ4n) is 1.19. The molecule has 0 atom stereocenters. The highest BCUT2D eigenvalue weighted by atomic mass is 35.5. The zero-order chi connectivity index (χ0) is 12.5. The average molecular weight is 277 g/mol. The van der Waals surface area contributed by atoms with E-state index in [4.69, 9.17) is 11.6 Å². The summed E-state index contributed by atoms with van der Waals surface area (Å²) in [6, 6.07) is 0. The Labute approximate surface area is 102 Å². The van der Waals surface area contributed by atoms with Gasteiger partial charge in [0.15, 0.2) is 5.03 Å². The van der Waals surface area contributed by atoms with Crippen molar-refractivity contribution < 1.29 is 12.9 Å². The third-order valence-electron chi connectivity index (χ3n) is 2.11. The van der Waals surface area contributed by atoms with Crippen molar-refractivity contribution in [3.05, 3.63) is 29.5 Å². The first-order chi connectivity index (χ1) is 8.00. The second-order valence-corrected chi connectivity index (χ2v) is 5.33. The quantitative estimate of drug-likeness (QED) is 0.880. The number of nitrogens with zero attached hydrogens (tertiary/aromatic N) is 3. The van der Waals surface area contributed by atoms with E-state index in [0.29, 0.717) is 5.56 Å². The molecule has 2 heterocycles. The van der Waals surface area contributed by atoms with Crippen LogP contribution in [-0.4, -0.2) is 23.1 Å². The maximum atomic E-state index is 11.9. The summed E-state index contributed by atoms with van der Waals surface area (Å²) >= 11 is 5.67. The molecule has 2 rings (SSSR count). The molecule has 0 amide bonds. The molecule has 0 radical (unpaired) electrons. The molecule has 0 saturated heterocycles. The van der Waals surface area contributed by atoms with Crippen LogP contribution in [0.2, 0.25) is 5.28 Å². The van der Waals surface area contributed by atoms with E-state index in [1.807, 2.05) is 0 Å². The lowest BCUT2D eigenvalue weighted by Gasteiger charge is -2.05. The number of aromatic nitrogens is 3. The lowest BCUT2D eigenvalue weighted by molar-refractivity contribution is 0.419. The van der Waals surface area contributed by atoms with Gasteiger partial charge < -0.3 is 9.09 Å². The van der Waals surface area contributed by atoms with E-state index in [1.165, 1.54) is 30.3 Å². The fraction of sp³-hybridized carbons (Fsp3) is 0.250. The third-order valence-corrected chi connectivity index (χ3v) is 3.92. The van der Waals surface area contributed by atoms with E-state index < -0.39 is 10.0 Å². The maximum absolute atomic E-state index is 11.9. The molecule has 0 aliphatic carbocycles. The van der Waals surface area contributed by atoms with Crippen LogP contribution in [0.1, 0.15) is 5.56 Å². The summed E-state index contributed by atoms with van der Waals surface area (Å²) in [5, 5.41) is 3.57. The monoisotopic (exact) mass is 276 g/mol. The molecule has 0 aromatic carbocycles. The van der Waals surface area contributed by atoms with Crippen molar-refractivity contribution in [3.8, 4) is 0 Å². The summed E-state index contributed by atoms with van der Waals surface area (Å²) in [6.07, 6.45) is 3.98. The molecule has 1 N–H and O–H groups in total. The van der Waals surface area contributed by atoms with E-state index >= 15 is 0 Å². The van der Waals surface area contributed by atoms with Gasteiger partial charge in [0.1, 0.15) is 6.26 Å². The highest BCUT2D eigenvalue weighted by Crippen LogP contribution is 2.13. The summed E-state index contributed by atoms with van der Waals surface area (Å²) in [4.78, 5) is 3.71. The number of rotatable bonds is 4. The number of hydrogen-bond acceptors (Lipinski definition) is 5. The minimum Gasteiger partial charge on any atom is -0.364 e. The molecule has 92 valence electrons. The molecule has 2 aromatic heterocycles. The van der Waals surface area contributed by atoms with E-state index in [0.717, 1.165) is 0 Å². The summed E-state index contributed by atoms with van der Waals surface area (Å²) in [5.41, 5.74) is 0.627. The van der Waals surface area contributed by atoms with Gasteiger partial charge in [-0.15, -0.1) is 0 Å². The predicted molar refractivity (Wildman–Crippen MR) is 58.7 cm³/mol. The van der Waals surface area contributed by atoms with E-state index in [2.05, 4.69) is 19.4 Å². The van der Waals surface area contributed by atoms with Gasteiger partial charge in [-0.2, -0.15) is 0 Å². The van der Waals surface area contributed by atoms with Crippen molar-refractivity contribution in [1.29, 1.82) is 0 Å². The van der Waals surface area contributed by atoms with Crippen molar-refractivity contribution in [2.24, 2.45) is 7.05 Å². The van der Waals surface area contributed by atoms with Gasteiger partial charge >= 0.3 is 0 Å². The third kappa shape index (κ3) is 2.48. The summed E-state index contributed by atoms with van der Waals surface area (Å²) in [5.74, 6) is 0. The molecule has 0 spiro atoms. The topological polar surface area (TPSA) is 90.0 Å². The van der Waals surface area contributed by atoms with Crippen LogP contribution in [-0.2, 0) is 23.6 Å². The molecule has 0 fully saturated rings. The van der Waals surface area contributed by atoms with Crippen LogP contribution in [0, 0.1) is 0 Å². The van der Waals surface area contributed by atoms with Crippen LogP contribution in [0.15, 0.2) is 28.2 Å². The zero-order valence-electron chi connectivity index (χ0n) is 8.79. The average Bonchev–Trinajstić information content (AvgIpc) is 2.88. The Morgan fingerprint density at radius 3 is 2.82 bits per heavy atom. The van der Waals surface area contributed by atoms with Gasteiger partial charge in [0.05, 0.1) is 12.4 Å². The van der Waals surface area contributed by atoms with E-state index in [9.17, 15) is 8.42 Å². The van der Waals surface area contributed by atoms with Crippen molar-refractivity contribution in [2.75, 3.05) is 0 Å². The first-order valence-corrected chi connectivity index (χ1v) is 6.42. The molecule has 0 aliphatic rings. The number of hydrogen-bond donors (Lipinski definition) is 1. The Bertz CT molecular complexity index is 605. The smallest absolute Gasteiger partial charge is 0.258 e. The summed E-state index contributed by atoms with van der Waals surface area (Å²) in [6.45, 7) is 0.0919. The van der Waals surface area contributed by atoms with Gasteiger partial charge in [0.2, 0.25) is 5.28 Å². The number of imidazole rings is 1. The first-order valence-electron chi connectivity index (χ1n) is 4.56. The van der Waals surface area contributed by atoms with Crippen LogP contribution in [0.25, 0.3) is 0 Å². The van der Waals surface area contributed by atoms with Crippen molar-refractivity contribution in [1.82, 2.24) is 19.4 Å². The standard InChI is InChI=1S/C8H9ClN4O3S/c1-13-7(4-10-8(13)9)17(14,15)12-3-6-2-11-16-5-6/h2,4-5,12H,3H2,1H3. The molecule has 0 unspecified atom stereocenters. The molecule has 9 heteroatoms. The molecule has 0 saturated carbocycles. The molecule has 0 bridgehead atoms. The Morgan fingerprint density at radius 2 is 2.29 bits per heavy atom. The second kappa shape index (κ2) is 4.47. The Morgan fingerprint density at radius 1 is 1.53 bits per heavy atom. The minimum absolute atomic E-state index is 0.000968. The zero-order valence-corrected chi connectivity index (χ0v) is 10.4. The largest absolute Gasteiger partial charge is 0.364 e. The number of halogens is 1. The first kappa shape index (κ1) is 12.1. The normalized spacial score (nSPS) is 11.9. The van der Waals surface area contributed by atoms with Gasteiger partial charge in [0.25, 0.3) is 10.0 Å². The van der Waals surface area contributed by atoms with Crippen LogP contribution in [0.4, 0.5) is 0 Å². The lowest BCUT2D eigenvalue weighted by Crippen LogP contribution is -2.24. The molecule has 2 aromatic rings. The highest BCUT2D eigenvalue weighted by Gasteiger charge is 2.19. The van der Waals surface area contributed by atoms with Crippen LogP contribution in [0.5, 0.6) is 0 Å². The van der Waals surface area contributed by atoms with Crippen LogP contribution >= 0.6 is 11.6 Å². The Kier molecular flexibility index (Phi) is 3.18. The maximum Gasteiger partial charge on any atom is 0.258 e. The predicted octanol–water partition coefficient (Wildman–Crippen LogP) is 0.540. The second-order valence-electron chi connectivity index (χ2n) is 3.28. The molecule has 17 heavy (non-hydrogen) atoms. The lowest BCUT2D eigenvalue weighted by atomic mass is 10.4. The molecular weight excluding hydrogens is 268 g/mol. The summed E-state index contributed by atoms with van der Waals surface area (Å²) in [7, 11) is -2.13. The fourth-order valence-corrected chi connectivity index (χ4v) is 2.52. The van der Waals surface area contributed by atoms with Crippen molar-refractivity contribution in [2.45, 2.75) is 11.6 Å². The Hall–Kier alpha value is -1.38. The summed E-state index contributed by atoms with van der Waals surface area (Å²) < 4.78 is 32.0.